The third-order valence-corrected chi connectivity index (χ3v) is 7.59. The largest absolute Gasteiger partial charge is 0.503 e. The number of ether oxygens (including phenoxy) is 3. The van der Waals surface area contributed by atoms with E-state index >= 15 is 0 Å². The molecule has 2 aromatic carbocycles. The standard InChI is InChI=1S/C30H30N2O7S/c1-4-6-7-14-38-21-13-10-18(16-23(21)36-3)26-25(27(33)22-9-8-15-39-22)28(34)29(35)32(26)30-31-20-12-11-19(37-5-2)17-24(20)40-30/h8-13,15-17,26,34H,4-7,14H2,1-3H3. The first-order valence-electron chi connectivity index (χ1n) is 13.2. The minimum absolute atomic E-state index is 0.00898. The average Bonchev–Trinajstić information content (AvgIpc) is 3.70. The Labute approximate surface area is 235 Å². The highest BCUT2D eigenvalue weighted by atomic mass is 32.1. The van der Waals surface area contributed by atoms with Gasteiger partial charge in [-0.25, -0.2) is 4.98 Å². The van der Waals surface area contributed by atoms with Gasteiger partial charge in [-0.3, -0.25) is 14.5 Å². The molecule has 1 aliphatic heterocycles. The lowest BCUT2D eigenvalue weighted by Crippen LogP contribution is -2.31. The van der Waals surface area contributed by atoms with Crippen molar-refractivity contribution in [3.05, 3.63) is 77.5 Å². The molecule has 4 aromatic rings. The molecule has 0 saturated carbocycles. The Bertz CT molecular complexity index is 1560. The van der Waals surface area contributed by atoms with E-state index in [9.17, 15) is 14.7 Å². The molecule has 1 unspecified atom stereocenters. The monoisotopic (exact) mass is 562 g/mol. The number of benzene rings is 2. The van der Waals surface area contributed by atoms with E-state index in [0.717, 1.165) is 24.0 Å². The predicted octanol–water partition coefficient (Wildman–Crippen LogP) is 6.65. The number of nitrogens with zero attached hydrogens (tertiary/aromatic N) is 2. The number of fused-ring (bicyclic) bond motifs is 1. The molecule has 1 aliphatic rings. The van der Waals surface area contributed by atoms with Crippen LogP contribution in [0.25, 0.3) is 10.2 Å². The second kappa shape index (κ2) is 11.8. The number of methoxy groups -OCH3 is 1. The summed E-state index contributed by atoms with van der Waals surface area (Å²) in [5.41, 5.74) is 1.10. The molecule has 1 N–H and O–H groups in total. The Morgan fingerprint density at radius 2 is 1.95 bits per heavy atom. The molecule has 208 valence electrons. The van der Waals surface area contributed by atoms with Crippen molar-refractivity contribution in [2.75, 3.05) is 25.2 Å². The maximum Gasteiger partial charge on any atom is 0.296 e. The number of hydrogen-bond donors (Lipinski definition) is 1. The van der Waals surface area contributed by atoms with Crippen molar-refractivity contribution in [2.45, 2.75) is 39.2 Å². The van der Waals surface area contributed by atoms with Crippen molar-refractivity contribution in [1.29, 1.82) is 0 Å². The number of rotatable bonds is 12. The van der Waals surface area contributed by atoms with E-state index in [2.05, 4.69) is 11.9 Å². The van der Waals surface area contributed by atoms with Gasteiger partial charge in [-0.1, -0.05) is 37.2 Å². The van der Waals surface area contributed by atoms with E-state index in [1.54, 1.807) is 24.3 Å². The summed E-state index contributed by atoms with van der Waals surface area (Å²) < 4.78 is 23.3. The van der Waals surface area contributed by atoms with Crippen LogP contribution in [0.1, 0.15) is 55.3 Å². The van der Waals surface area contributed by atoms with Gasteiger partial charge in [0.25, 0.3) is 5.91 Å². The molecular weight excluding hydrogens is 532 g/mol. The van der Waals surface area contributed by atoms with Gasteiger partial charge < -0.3 is 23.7 Å². The van der Waals surface area contributed by atoms with Crippen LogP contribution in [-0.2, 0) is 4.79 Å². The third kappa shape index (κ3) is 5.14. The second-order valence-electron chi connectivity index (χ2n) is 9.17. The van der Waals surface area contributed by atoms with Crippen LogP contribution in [-0.4, -0.2) is 42.1 Å². The number of aliphatic hydroxyl groups is 1. The number of carbonyl (C=O) groups is 2. The molecule has 5 rings (SSSR count). The fraction of sp³-hybridized carbons (Fsp3) is 0.300. The summed E-state index contributed by atoms with van der Waals surface area (Å²) in [5.74, 6) is -0.292. The number of Topliss-reactive ketones (excluding diaryl/α,β-unsaturated/α-hetero) is 1. The van der Waals surface area contributed by atoms with Crippen LogP contribution in [0.3, 0.4) is 0 Å². The number of aromatic nitrogens is 1. The van der Waals surface area contributed by atoms with Crippen molar-refractivity contribution in [3.63, 3.8) is 0 Å². The Morgan fingerprint density at radius 1 is 1.10 bits per heavy atom. The Balaban J connectivity index is 1.59. The molecule has 0 aliphatic carbocycles. The molecule has 2 aromatic heterocycles. The third-order valence-electron chi connectivity index (χ3n) is 6.57. The Hall–Kier alpha value is -4.31. The number of amides is 1. The van der Waals surface area contributed by atoms with Crippen molar-refractivity contribution in [2.24, 2.45) is 0 Å². The van der Waals surface area contributed by atoms with Crippen molar-refractivity contribution >= 4 is 38.4 Å². The summed E-state index contributed by atoms with van der Waals surface area (Å²) in [6.07, 6.45) is 4.40. The lowest BCUT2D eigenvalue weighted by molar-refractivity contribution is -0.117. The van der Waals surface area contributed by atoms with Gasteiger partial charge in [0.1, 0.15) is 5.75 Å². The SMILES string of the molecule is CCCCCOc1ccc(C2C(C(=O)c3ccco3)=C(O)C(=O)N2c2nc3ccc(OCC)cc3s2)cc1OC. The summed E-state index contributed by atoms with van der Waals surface area (Å²) in [4.78, 5) is 33.1. The van der Waals surface area contributed by atoms with Crippen LogP contribution >= 0.6 is 11.3 Å². The first kappa shape index (κ1) is 27.3. The van der Waals surface area contributed by atoms with Gasteiger partial charge in [-0.2, -0.15) is 0 Å². The maximum absolute atomic E-state index is 13.6. The first-order valence-corrected chi connectivity index (χ1v) is 14.0. The number of furan rings is 1. The van der Waals surface area contributed by atoms with E-state index in [0.29, 0.717) is 46.7 Å². The van der Waals surface area contributed by atoms with Crippen molar-refractivity contribution in [3.8, 4) is 17.2 Å². The van der Waals surface area contributed by atoms with E-state index in [4.69, 9.17) is 18.6 Å². The summed E-state index contributed by atoms with van der Waals surface area (Å²) in [6, 6.07) is 12.8. The van der Waals surface area contributed by atoms with Gasteiger partial charge >= 0.3 is 0 Å². The minimum atomic E-state index is -0.986. The second-order valence-corrected chi connectivity index (χ2v) is 10.2. The normalized spacial score (nSPS) is 15.2. The number of anilines is 1. The van der Waals surface area contributed by atoms with Crippen LogP contribution in [0.15, 0.2) is 70.5 Å². The zero-order valence-electron chi connectivity index (χ0n) is 22.5. The van der Waals surface area contributed by atoms with Gasteiger partial charge in [0.15, 0.2) is 28.1 Å². The van der Waals surface area contributed by atoms with Gasteiger partial charge in [-0.05, 0) is 61.4 Å². The zero-order chi connectivity index (χ0) is 28.2. The van der Waals surface area contributed by atoms with Crippen LogP contribution in [0.2, 0.25) is 0 Å². The minimum Gasteiger partial charge on any atom is -0.503 e. The smallest absolute Gasteiger partial charge is 0.296 e. The molecule has 9 nitrogen and oxygen atoms in total. The van der Waals surface area contributed by atoms with E-state index in [1.165, 1.54) is 35.7 Å². The molecule has 40 heavy (non-hydrogen) atoms. The van der Waals surface area contributed by atoms with Crippen LogP contribution in [0.4, 0.5) is 5.13 Å². The fourth-order valence-electron chi connectivity index (χ4n) is 4.65. The Kier molecular flexibility index (Phi) is 8.06. The zero-order valence-corrected chi connectivity index (χ0v) is 23.3. The number of hydrogen-bond acceptors (Lipinski definition) is 9. The number of carbonyl (C=O) groups excluding carboxylic acids is 2. The summed E-state index contributed by atoms with van der Waals surface area (Å²) in [7, 11) is 1.53. The summed E-state index contributed by atoms with van der Waals surface area (Å²) >= 11 is 1.26. The first-order chi connectivity index (χ1) is 19.5. The van der Waals surface area contributed by atoms with E-state index in [-0.39, 0.29) is 11.3 Å². The van der Waals surface area contributed by atoms with Gasteiger partial charge in [-0.15, -0.1) is 0 Å². The van der Waals surface area contributed by atoms with E-state index in [1.807, 2.05) is 25.1 Å². The molecular formula is C30H30N2O7S. The summed E-state index contributed by atoms with van der Waals surface area (Å²) in [6.45, 7) is 5.07. The van der Waals surface area contributed by atoms with Gasteiger partial charge in [0.2, 0.25) is 5.78 Å². The highest BCUT2D eigenvalue weighted by Crippen LogP contribution is 2.46. The van der Waals surface area contributed by atoms with Crippen LogP contribution in [0, 0.1) is 0 Å². The Morgan fingerprint density at radius 3 is 2.67 bits per heavy atom. The number of aliphatic hydroxyl groups excluding tert-OH is 1. The number of ketones is 1. The molecule has 0 spiro atoms. The molecule has 1 atom stereocenters. The fourth-order valence-corrected chi connectivity index (χ4v) is 5.67. The lowest BCUT2D eigenvalue weighted by atomic mass is 9.95. The summed E-state index contributed by atoms with van der Waals surface area (Å²) in [5, 5.41) is 11.4. The topological polar surface area (TPSA) is 111 Å². The average molecular weight is 563 g/mol. The van der Waals surface area contributed by atoms with Gasteiger partial charge in [0, 0.05) is 0 Å². The van der Waals surface area contributed by atoms with Crippen molar-refractivity contribution in [1.82, 2.24) is 4.98 Å². The van der Waals surface area contributed by atoms with E-state index < -0.39 is 23.5 Å². The van der Waals surface area contributed by atoms with Crippen molar-refractivity contribution < 1.29 is 33.3 Å². The molecule has 0 fully saturated rings. The predicted molar refractivity (Wildman–Crippen MR) is 152 cm³/mol. The highest BCUT2D eigenvalue weighted by molar-refractivity contribution is 7.22. The van der Waals surface area contributed by atoms with Crippen LogP contribution in [0.5, 0.6) is 17.2 Å². The molecule has 0 saturated heterocycles. The molecule has 0 radical (unpaired) electrons. The maximum atomic E-state index is 13.6. The highest BCUT2D eigenvalue weighted by Gasteiger charge is 2.46. The number of unbranched alkanes of at least 4 members (excludes halogenated alkanes) is 2. The quantitative estimate of drug-likeness (QED) is 0.151. The molecule has 10 heteroatoms. The molecule has 3 heterocycles. The van der Waals surface area contributed by atoms with Crippen LogP contribution < -0.4 is 19.1 Å². The lowest BCUT2D eigenvalue weighted by Gasteiger charge is -2.25. The van der Waals surface area contributed by atoms with Gasteiger partial charge in [0.05, 0.1) is 48.4 Å². The number of thiazole rings is 1. The molecule has 1 amide bonds. The molecule has 0 bridgehead atoms.